The number of amides is 6. The van der Waals surface area contributed by atoms with E-state index < -0.39 is 35.7 Å². The third-order valence-electron chi connectivity index (χ3n) is 7.71. The molecular formula is C37H55N5O12. The molecule has 0 aliphatic carbocycles. The lowest BCUT2D eigenvalue weighted by Gasteiger charge is -2.24. The Hall–Kier alpha value is -4.71. The molecular weight excluding hydrogens is 706 g/mol. The Morgan fingerprint density at radius 3 is 1.78 bits per heavy atom. The molecule has 300 valence electrons. The first-order valence-corrected chi connectivity index (χ1v) is 18.1. The van der Waals surface area contributed by atoms with Gasteiger partial charge >= 0.3 is 5.97 Å². The van der Waals surface area contributed by atoms with Crippen molar-refractivity contribution in [2.24, 2.45) is 11.8 Å². The Morgan fingerprint density at radius 1 is 0.667 bits per heavy atom. The predicted molar refractivity (Wildman–Crippen MR) is 195 cm³/mol. The number of carbonyl (C=O) groups excluding carboxylic acids is 7. The zero-order valence-corrected chi connectivity index (χ0v) is 31.8. The highest BCUT2D eigenvalue weighted by molar-refractivity contribution is 6.13. The fraction of sp³-hybridized carbons (Fsp3) is 0.595. The lowest BCUT2D eigenvalue weighted by molar-refractivity contribution is -0.148. The van der Waals surface area contributed by atoms with Gasteiger partial charge in [0.05, 0.1) is 58.8 Å². The highest BCUT2D eigenvalue weighted by Crippen LogP contribution is 2.12. The molecule has 4 N–H and O–H groups in total. The lowest BCUT2D eigenvalue weighted by Crippen LogP contribution is -2.53. The molecule has 0 saturated heterocycles. The number of anilines is 1. The summed E-state index contributed by atoms with van der Waals surface area (Å²) in [5, 5.41) is 10.8. The third kappa shape index (κ3) is 18.4. The second kappa shape index (κ2) is 25.3. The Morgan fingerprint density at radius 2 is 1.22 bits per heavy atom. The first-order chi connectivity index (χ1) is 25.8. The SMILES string of the molecule is CC(C)C(=O)OCc1ccc(NC(=O)[C@H](C)NC(=O)C(NC(=O)CCOCCOCCOCCOCCNC(=O)CCN2C(=O)C=CC2=O)C(C)C)cc1. The monoisotopic (exact) mass is 761 g/mol. The molecule has 1 heterocycles. The van der Waals surface area contributed by atoms with Crippen molar-refractivity contribution < 1.29 is 57.2 Å². The van der Waals surface area contributed by atoms with Gasteiger partial charge < -0.3 is 45.0 Å². The average molecular weight is 762 g/mol. The van der Waals surface area contributed by atoms with Crippen LogP contribution in [0.4, 0.5) is 5.69 Å². The number of hydrogen-bond donors (Lipinski definition) is 4. The fourth-order valence-corrected chi connectivity index (χ4v) is 4.55. The standard InChI is InChI=1S/C37H55N5O12/c1-25(2)34(36(48)39-27(5)35(47)40-29-8-6-28(7-9-29)24-54-37(49)26(3)4)41-31(44)13-16-50-18-20-52-22-23-53-21-19-51-17-14-38-30(43)12-15-42-32(45)10-11-33(42)46/h6-11,25-27,34H,12-24H2,1-5H3,(H,38,43)(H,39,48)(H,40,47)(H,41,44)/t27-,34?/m0/s1. The highest BCUT2D eigenvalue weighted by atomic mass is 16.6. The molecule has 1 unspecified atom stereocenters. The molecule has 54 heavy (non-hydrogen) atoms. The summed E-state index contributed by atoms with van der Waals surface area (Å²) in [5.74, 6) is -3.18. The van der Waals surface area contributed by atoms with Gasteiger partial charge in [-0.05, 0) is 30.5 Å². The first kappa shape index (κ1) is 45.4. The summed E-state index contributed by atoms with van der Waals surface area (Å²) in [4.78, 5) is 85.7. The summed E-state index contributed by atoms with van der Waals surface area (Å²) >= 11 is 0. The minimum Gasteiger partial charge on any atom is -0.461 e. The maximum atomic E-state index is 13.0. The quantitative estimate of drug-likeness (QED) is 0.0558. The van der Waals surface area contributed by atoms with Crippen LogP contribution in [0.25, 0.3) is 0 Å². The van der Waals surface area contributed by atoms with Gasteiger partial charge in [-0.25, -0.2) is 0 Å². The van der Waals surface area contributed by atoms with Gasteiger partial charge in [0.2, 0.25) is 23.6 Å². The lowest BCUT2D eigenvalue weighted by atomic mass is 10.0. The van der Waals surface area contributed by atoms with Crippen LogP contribution in [0.3, 0.4) is 0 Å². The Bertz CT molecular complexity index is 1400. The van der Waals surface area contributed by atoms with Gasteiger partial charge in [-0.2, -0.15) is 0 Å². The van der Waals surface area contributed by atoms with Crippen molar-refractivity contribution >= 4 is 47.1 Å². The second-order valence-electron chi connectivity index (χ2n) is 12.9. The Balaban J connectivity index is 1.48. The number of rotatable bonds is 27. The zero-order valence-electron chi connectivity index (χ0n) is 31.8. The largest absolute Gasteiger partial charge is 0.461 e. The van der Waals surface area contributed by atoms with E-state index in [0.717, 1.165) is 10.5 Å². The molecule has 1 aromatic carbocycles. The molecule has 0 aromatic heterocycles. The van der Waals surface area contributed by atoms with Crippen molar-refractivity contribution in [1.82, 2.24) is 20.9 Å². The van der Waals surface area contributed by atoms with Crippen molar-refractivity contribution in [2.75, 3.05) is 71.3 Å². The van der Waals surface area contributed by atoms with Crippen LogP contribution in [0.2, 0.25) is 0 Å². The van der Waals surface area contributed by atoms with Crippen LogP contribution in [0.15, 0.2) is 36.4 Å². The maximum Gasteiger partial charge on any atom is 0.308 e. The second-order valence-corrected chi connectivity index (χ2v) is 12.9. The number of benzene rings is 1. The topological polar surface area (TPSA) is 217 Å². The minimum absolute atomic E-state index is 0.0208. The van der Waals surface area contributed by atoms with Gasteiger partial charge in [-0.3, -0.25) is 38.5 Å². The molecule has 0 radical (unpaired) electrons. The van der Waals surface area contributed by atoms with Gasteiger partial charge in [0.25, 0.3) is 11.8 Å². The van der Waals surface area contributed by atoms with E-state index >= 15 is 0 Å². The van der Waals surface area contributed by atoms with Gasteiger partial charge in [0, 0.05) is 43.8 Å². The van der Waals surface area contributed by atoms with Crippen LogP contribution in [0.5, 0.6) is 0 Å². The maximum absolute atomic E-state index is 13.0. The smallest absolute Gasteiger partial charge is 0.308 e. The number of carbonyl (C=O) groups is 7. The molecule has 17 heteroatoms. The van der Waals surface area contributed by atoms with E-state index in [9.17, 15) is 33.6 Å². The van der Waals surface area contributed by atoms with E-state index in [1.807, 2.05) is 0 Å². The summed E-state index contributed by atoms with van der Waals surface area (Å²) in [6.45, 7) is 11.4. The average Bonchev–Trinajstić information content (AvgIpc) is 3.46. The first-order valence-electron chi connectivity index (χ1n) is 18.1. The summed E-state index contributed by atoms with van der Waals surface area (Å²) in [6.07, 6.45) is 2.40. The van der Waals surface area contributed by atoms with Crippen molar-refractivity contribution in [3.8, 4) is 0 Å². The van der Waals surface area contributed by atoms with Gasteiger partial charge in [-0.15, -0.1) is 0 Å². The summed E-state index contributed by atoms with van der Waals surface area (Å²) in [6, 6.07) is 5.08. The number of esters is 1. The predicted octanol–water partition coefficient (Wildman–Crippen LogP) is 0.858. The van der Waals surface area contributed by atoms with E-state index in [1.165, 1.54) is 12.2 Å². The highest BCUT2D eigenvalue weighted by Gasteiger charge is 2.27. The molecule has 0 bridgehead atoms. The molecule has 1 aromatic rings. The van der Waals surface area contributed by atoms with Gasteiger partial charge in [0.1, 0.15) is 18.7 Å². The van der Waals surface area contributed by atoms with Crippen LogP contribution >= 0.6 is 0 Å². The number of nitrogens with one attached hydrogen (secondary N) is 4. The molecule has 6 amide bonds. The van der Waals surface area contributed by atoms with Crippen LogP contribution < -0.4 is 21.3 Å². The minimum atomic E-state index is -0.879. The summed E-state index contributed by atoms with van der Waals surface area (Å²) in [5.41, 5.74) is 1.28. The summed E-state index contributed by atoms with van der Waals surface area (Å²) in [7, 11) is 0. The zero-order chi connectivity index (χ0) is 39.9. The number of nitrogens with zero attached hydrogens (tertiary/aromatic N) is 1. The van der Waals surface area contributed by atoms with E-state index in [4.69, 9.17) is 23.7 Å². The van der Waals surface area contributed by atoms with Gasteiger partial charge in [-0.1, -0.05) is 39.8 Å². The molecule has 1 aliphatic heterocycles. The van der Waals surface area contributed by atoms with Crippen molar-refractivity contribution in [3.05, 3.63) is 42.0 Å². The number of ether oxygens (including phenoxy) is 5. The fourth-order valence-electron chi connectivity index (χ4n) is 4.55. The van der Waals surface area contributed by atoms with Crippen LogP contribution in [-0.4, -0.2) is 124 Å². The van der Waals surface area contributed by atoms with Crippen molar-refractivity contribution in [2.45, 2.75) is 66.2 Å². The van der Waals surface area contributed by atoms with E-state index in [2.05, 4.69) is 21.3 Å². The molecule has 1 aliphatic rings. The van der Waals surface area contributed by atoms with Crippen molar-refractivity contribution in [3.63, 3.8) is 0 Å². The third-order valence-corrected chi connectivity index (χ3v) is 7.71. The molecule has 0 saturated carbocycles. The number of hydrogen-bond acceptors (Lipinski definition) is 12. The van der Waals surface area contributed by atoms with Gasteiger partial charge in [0.15, 0.2) is 0 Å². The Kier molecular flexibility index (Phi) is 21.3. The number of imide groups is 1. The molecule has 0 spiro atoms. The van der Waals surface area contributed by atoms with E-state index in [1.54, 1.807) is 58.9 Å². The molecule has 2 rings (SSSR count). The Labute approximate surface area is 316 Å². The van der Waals surface area contributed by atoms with Crippen LogP contribution in [-0.2, 0) is 63.9 Å². The molecule has 0 fully saturated rings. The van der Waals surface area contributed by atoms with E-state index in [0.29, 0.717) is 38.7 Å². The molecule has 17 nitrogen and oxygen atoms in total. The van der Waals surface area contributed by atoms with E-state index in [-0.39, 0.29) is 82.0 Å². The molecule has 2 atom stereocenters. The van der Waals surface area contributed by atoms with Crippen molar-refractivity contribution in [1.29, 1.82) is 0 Å². The van der Waals surface area contributed by atoms with Crippen LogP contribution in [0, 0.1) is 11.8 Å². The van der Waals surface area contributed by atoms with Crippen LogP contribution in [0.1, 0.15) is 53.0 Å². The normalized spacial score (nSPS) is 13.6. The summed E-state index contributed by atoms with van der Waals surface area (Å²) < 4.78 is 26.9.